The van der Waals surface area contributed by atoms with Crippen LogP contribution >= 0.6 is 11.6 Å². The minimum absolute atomic E-state index is 0.0261. The van der Waals surface area contributed by atoms with Crippen molar-refractivity contribution in [2.75, 3.05) is 12.8 Å². The molecule has 1 rings (SSSR count). The second kappa shape index (κ2) is 6.91. The molecule has 0 bridgehead atoms. The predicted octanol–water partition coefficient (Wildman–Crippen LogP) is 0.998. The molecule has 0 heterocycles. The summed E-state index contributed by atoms with van der Waals surface area (Å²) in [5.41, 5.74) is 0.122. The SMILES string of the molecule is CC(C)NC(=O)CNC(=O)c1ccc(Cl)c(S(C)(=O)=O)c1. The molecule has 0 radical (unpaired) electrons. The molecule has 0 aliphatic carbocycles. The van der Waals surface area contributed by atoms with Crippen molar-refractivity contribution >= 4 is 33.3 Å². The normalized spacial score (nSPS) is 11.3. The zero-order valence-corrected chi connectivity index (χ0v) is 13.5. The van der Waals surface area contributed by atoms with Crippen molar-refractivity contribution < 1.29 is 18.0 Å². The van der Waals surface area contributed by atoms with Crippen LogP contribution in [-0.2, 0) is 14.6 Å². The summed E-state index contributed by atoms with van der Waals surface area (Å²) in [6.45, 7) is 3.42. The topological polar surface area (TPSA) is 92.3 Å². The van der Waals surface area contributed by atoms with E-state index in [1.165, 1.54) is 18.2 Å². The summed E-state index contributed by atoms with van der Waals surface area (Å²) in [6.07, 6.45) is 1.01. The Morgan fingerprint density at radius 1 is 1.29 bits per heavy atom. The molecular weight excluding hydrogens is 316 g/mol. The van der Waals surface area contributed by atoms with Gasteiger partial charge in [-0.2, -0.15) is 0 Å². The molecule has 6 nitrogen and oxygen atoms in total. The number of carbonyl (C=O) groups is 2. The summed E-state index contributed by atoms with van der Waals surface area (Å²) in [6, 6.07) is 3.89. The monoisotopic (exact) mass is 332 g/mol. The van der Waals surface area contributed by atoms with E-state index in [-0.39, 0.29) is 34.0 Å². The van der Waals surface area contributed by atoms with Crippen molar-refractivity contribution in [1.29, 1.82) is 0 Å². The molecule has 21 heavy (non-hydrogen) atoms. The second-order valence-electron chi connectivity index (χ2n) is 4.82. The first-order valence-corrected chi connectivity index (χ1v) is 8.45. The van der Waals surface area contributed by atoms with E-state index >= 15 is 0 Å². The third kappa shape index (κ3) is 5.35. The Morgan fingerprint density at radius 3 is 2.43 bits per heavy atom. The first-order valence-electron chi connectivity index (χ1n) is 6.18. The van der Waals surface area contributed by atoms with Crippen LogP contribution < -0.4 is 10.6 Å². The second-order valence-corrected chi connectivity index (χ2v) is 7.21. The fourth-order valence-corrected chi connectivity index (χ4v) is 2.87. The van der Waals surface area contributed by atoms with Gasteiger partial charge in [-0.15, -0.1) is 0 Å². The lowest BCUT2D eigenvalue weighted by Crippen LogP contribution is -2.39. The maximum atomic E-state index is 11.9. The van der Waals surface area contributed by atoms with Crippen molar-refractivity contribution in [3.63, 3.8) is 0 Å². The highest BCUT2D eigenvalue weighted by Crippen LogP contribution is 2.22. The third-order valence-electron chi connectivity index (χ3n) is 2.45. The van der Waals surface area contributed by atoms with Crippen molar-refractivity contribution in [3.05, 3.63) is 28.8 Å². The lowest BCUT2D eigenvalue weighted by Gasteiger charge is -2.10. The number of amides is 2. The molecule has 0 atom stereocenters. The van der Waals surface area contributed by atoms with Crippen LogP contribution in [-0.4, -0.2) is 39.1 Å². The molecule has 1 aromatic rings. The molecule has 0 aliphatic heterocycles. The Balaban J connectivity index is 2.83. The van der Waals surface area contributed by atoms with E-state index < -0.39 is 15.7 Å². The number of halogens is 1. The van der Waals surface area contributed by atoms with Gasteiger partial charge >= 0.3 is 0 Å². The van der Waals surface area contributed by atoms with Gasteiger partial charge in [-0.1, -0.05) is 11.6 Å². The van der Waals surface area contributed by atoms with Crippen LogP contribution in [0.4, 0.5) is 0 Å². The fraction of sp³-hybridized carbons (Fsp3) is 0.385. The Kier molecular flexibility index (Phi) is 5.74. The van der Waals surface area contributed by atoms with E-state index in [0.29, 0.717) is 0 Å². The molecule has 1 aromatic carbocycles. The van der Waals surface area contributed by atoms with Gasteiger partial charge in [-0.3, -0.25) is 9.59 Å². The highest BCUT2D eigenvalue weighted by atomic mass is 35.5. The Labute approximate surface area is 128 Å². The first kappa shape index (κ1) is 17.5. The highest BCUT2D eigenvalue weighted by molar-refractivity contribution is 7.90. The number of nitrogens with one attached hydrogen (secondary N) is 2. The van der Waals surface area contributed by atoms with Crippen LogP contribution in [0.3, 0.4) is 0 Å². The highest BCUT2D eigenvalue weighted by Gasteiger charge is 2.16. The van der Waals surface area contributed by atoms with Crippen LogP contribution in [0.1, 0.15) is 24.2 Å². The lowest BCUT2D eigenvalue weighted by atomic mass is 10.2. The molecule has 2 amide bonds. The molecule has 2 N–H and O–H groups in total. The van der Waals surface area contributed by atoms with E-state index in [1.807, 2.05) is 0 Å². The van der Waals surface area contributed by atoms with E-state index in [4.69, 9.17) is 11.6 Å². The van der Waals surface area contributed by atoms with Gasteiger partial charge < -0.3 is 10.6 Å². The Hall–Kier alpha value is -1.60. The fourth-order valence-electron chi connectivity index (χ4n) is 1.56. The number of rotatable bonds is 5. The molecular formula is C13H17ClN2O4S. The molecule has 116 valence electrons. The number of sulfone groups is 1. The van der Waals surface area contributed by atoms with Gasteiger partial charge in [0.05, 0.1) is 16.5 Å². The largest absolute Gasteiger partial charge is 0.352 e. The molecule has 0 aliphatic rings. The lowest BCUT2D eigenvalue weighted by molar-refractivity contribution is -0.120. The summed E-state index contributed by atoms with van der Waals surface area (Å²) in [5.74, 6) is -0.869. The van der Waals surface area contributed by atoms with Crippen LogP contribution in [0.25, 0.3) is 0 Å². The average molecular weight is 333 g/mol. The maximum Gasteiger partial charge on any atom is 0.251 e. The first-order chi connectivity index (χ1) is 9.61. The van der Waals surface area contributed by atoms with Gasteiger partial charge in [-0.05, 0) is 32.0 Å². The summed E-state index contributed by atoms with van der Waals surface area (Å²) in [4.78, 5) is 23.2. The Morgan fingerprint density at radius 2 is 1.90 bits per heavy atom. The zero-order valence-electron chi connectivity index (χ0n) is 11.9. The molecule has 0 fully saturated rings. The number of benzene rings is 1. The van der Waals surface area contributed by atoms with E-state index in [9.17, 15) is 18.0 Å². The van der Waals surface area contributed by atoms with Gasteiger partial charge in [0, 0.05) is 17.9 Å². The number of hydrogen-bond donors (Lipinski definition) is 2. The van der Waals surface area contributed by atoms with Crippen molar-refractivity contribution in [3.8, 4) is 0 Å². The van der Waals surface area contributed by atoms with Gasteiger partial charge in [-0.25, -0.2) is 8.42 Å². The van der Waals surface area contributed by atoms with Crippen molar-refractivity contribution in [2.24, 2.45) is 0 Å². The number of hydrogen-bond acceptors (Lipinski definition) is 4. The predicted molar refractivity (Wildman–Crippen MR) is 80.2 cm³/mol. The zero-order chi connectivity index (χ0) is 16.2. The average Bonchev–Trinajstić information content (AvgIpc) is 2.34. The quantitative estimate of drug-likeness (QED) is 0.841. The molecule has 0 saturated heterocycles. The van der Waals surface area contributed by atoms with Crippen molar-refractivity contribution in [1.82, 2.24) is 10.6 Å². The minimum Gasteiger partial charge on any atom is -0.352 e. The molecule has 0 unspecified atom stereocenters. The summed E-state index contributed by atoms with van der Waals surface area (Å²) >= 11 is 5.80. The minimum atomic E-state index is -3.53. The van der Waals surface area contributed by atoms with Gasteiger partial charge in [0.25, 0.3) is 5.91 Å². The van der Waals surface area contributed by atoms with Gasteiger partial charge in [0.1, 0.15) is 0 Å². The maximum absolute atomic E-state index is 11.9. The van der Waals surface area contributed by atoms with E-state index in [0.717, 1.165) is 6.26 Å². The summed E-state index contributed by atoms with van der Waals surface area (Å²) in [5, 5.41) is 5.08. The van der Waals surface area contributed by atoms with Crippen LogP contribution in [0.15, 0.2) is 23.1 Å². The van der Waals surface area contributed by atoms with Crippen LogP contribution in [0.2, 0.25) is 5.02 Å². The molecule has 0 saturated carbocycles. The summed E-state index contributed by atoms with van der Waals surface area (Å²) in [7, 11) is -3.53. The van der Waals surface area contributed by atoms with E-state index in [2.05, 4.69) is 10.6 Å². The Bertz CT molecular complexity index is 656. The molecule has 8 heteroatoms. The molecule has 0 spiro atoms. The standard InChI is InChI=1S/C13H17ClN2O4S/c1-8(2)16-12(17)7-15-13(18)9-4-5-10(14)11(6-9)21(3,19)20/h4-6,8H,7H2,1-3H3,(H,15,18)(H,16,17). The van der Waals surface area contributed by atoms with Gasteiger partial charge in [0.2, 0.25) is 5.91 Å². The van der Waals surface area contributed by atoms with Gasteiger partial charge in [0.15, 0.2) is 9.84 Å². The molecule has 0 aromatic heterocycles. The van der Waals surface area contributed by atoms with Crippen molar-refractivity contribution in [2.45, 2.75) is 24.8 Å². The van der Waals surface area contributed by atoms with E-state index in [1.54, 1.807) is 13.8 Å². The van der Waals surface area contributed by atoms with Crippen LogP contribution in [0.5, 0.6) is 0 Å². The number of carbonyl (C=O) groups excluding carboxylic acids is 2. The smallest absolute Gasteiger partial charge is 0.251 e. The summed E-state index contributed by atoms with van der Waals surface area (Å²) < 4.78 is 23.1. The van der Waals surface area contributed by atoms with Crippen LogP contribution in [0, 0.1) is 0 Å². The third-order valence-corrected chi connectivity index (χ3v) is 4.03.